The van der Waals surface area contributed by atoms with Gasteiger partial charge in [0.05, 0.1) is 0 Å². The van der Waals surface area contributed by atoms with Crippen molar-refractivity contribution in [1.29, 1.82) is 0 Å². The molecular weight excluding hydrogens is 232 g/mol. The van der Waals surface area contributed by atoms with Gasteiger partial charge >= 0.3 is 0 Å². The Morgan fingerprint density at radius 1 is 1.17 bits per heavy atom. The van der Waals surface area contributed by atoms with E-state index in [-0.39, 0.29) is 0 Å². The summed E-state index contributed by atoms with van der Waals surface area (Å²) in [4.78, 5) is 0. The fraction of sp³-hybridized carbons (Fsp3) is 0.600. The summed E-state index contributed by atoms with van der Waals surface area (Å²) in [5.74, 6) is -0.162. The highest BCUT2D eigenvalue weighted by Crippen LogP contribution is 2.36. The van der Waals surface area contributed by atoms with Crippen LogP contribution in [-0.2, 0) is 6.42 Å². The second kappa shape index (κ2) is 6.28. The van der Waals surface area contributed by atoms with Gasteiger partial charge in [-0.25, -0.2) is 8.78 Å². The molecule has 18 heavy (non-hydrogen) atoms. The van der Waals surface area contributed by atoms with Crippen LogP contribution in [0.1, 0.15) is 31.7 Å². The summed E-state index contributed by atoms with van der Waals surface area (Å²) in [6.45, 7) is 4.28. The Balaban J connectivity index is 1.83. The van der Waals surface area contributed by atoms with Crippen LogP contribution < -0.4 is 5.32 Å². The zero-order valence-electron chi connectivity index (χ0n) is 10.9. The molecule has 3 heteroatoms. The summed E-state index contributed by atoms with van der Waals surface area (Å²) >= 11 is 0. The molecule has 100 valence electrons. The Kier molecular flexibility index (Phi) is 4.70. The predicted octanol–water partition coefficient (Wildman–Crippen LogP) is 3.53. The van der Waals surface area contributed by atoms with Crippen LogP contribution in [0.2, 0.25) is 0 Å². The highest BCUT2D eigenvalue weighted by atomic mass is 19.2. The van der Waals surface area contributed by atoms with E-state index in [4.69, 9.17) is 0 Å². The SMILES string of the molecule is CCCNCC1CCC1Cc1ccc(F)c(F)c1. The summed E-state index contributed by atoms with van der Waals surface area (Å²) in [5.41, 5.74) is 0.916. The first-order chi connectivity index (χ1) is 8.70. The van der Waals surface area contributed by atoms with Gasteiger partial charge in [0.25, 0.3) is 0 Å². The number of hydrogen-bond acceptors (Lipinski definition) is 1. The molecule has 1 aliphatic carbocycles. The van der Waals surface area contributed by atoms with E-state index in [1.165, 1.54) is 25.0 Å². The Bertz CT molecular complexity index is 392. The molecule has 0 radical (unpaired) electrons. The van der Waals surface area contributed by atoms with Crippen molar-refractivity contribution in [2.24, 2.45) is 11.8 Å². The van der Waals surface area contributed by atoms with Gasteiger partial charge in [-0.05, 0) is 68.3 Å². The van der Waals surface area contributed by atoms with Gasteiger partial charge in [-0.15, -0.1) is 0 Å². The maximum absolute atomic E-state index is 13.1. The molecule has 1 saturated carbocycles. The van der Waals surface area contributed by atoms with Crippen molar-refractivity contribution in [1.82, 2.24) is 5.32 Å². The fourth-order valence-electron chi connectivity index (χ4n) is 2.61. The Hall–Kier alpha value is -0.960. The quantitative estimate of drug-likeness (QED) is 0.765. The number of nitrogens with one attached hydrogen (secondary N) is 1. The zero-order chi connectivity index (χ0) is 13.0. The third-order valence-corrected chi connectivity index (χ3v) is 3.89. The van der Waals surface area contributed by atoms with E-state index >= 15 is 0 Å². The molecule has 1 aromatic carbocycles. The van der Waals surface area contributed by atoms with Crippen LogP contribution in [0, 0.1) is 23.5 Å². The Morgan fingerprint density at radius 2 is 1.94 bits per heavy atom. The monoisotopic (exact) mass is 253 g/mol. The third kappa shape index (κ3) is 3.29. The molecule has 2 unspecified atom stereocenters. The maximum Gasteiger partial charge on any atom is 0.159 e. The summed E-state index contributed by atoms with van der Waals surface area (Å²) in [6, 6.07) is 4.27. The molecule has 0 saturated heterocycles. The molecule has 0 aliphatic heterocycles. The molecule has 1 aromatic rings. The second-order valence-electron chi connectivity index (χ2n) is 5.25. The molecule has 2 rings (SSSR count). The Morgan fingerprint density at radius 3 is 2.56 bits per heavy atom. The van der Waals surface area contributed by atoms with Crippen molar-refractivity contribution in [3.8, 4) is 0 Å². The average molecular weight is 253 g/mol. The van der Waals surface area contributed by atoms with E-state index in [0.29, 0.717) is 11.8 Å². The van der Waals surface area contributed by atoms with E-state index in [2.05, 4.69) is 12.2 Å². The largest absolute Gasteiger partial charge is 0.316 e. The summed E-state index contributed by atoms with van der Waals surface area (Å²) < 4.78 is 25.9. The average Bonchev–Trinajstić information content (AvgIpc) is 2.34. The predicted molar refractivity (Wildman–Crippen MR) is 69.4 cm³/mol. The molecule has 2 atom stereocenters. The topological polar surface area (TPSA) is 12.0 Å². The lowest BCUT2D eigenvalue weighted by atomic mass is 9.70. The first-order valence-corrected chi connectivity index (χ1v) is 6.85. The van der Waals surface area contributed by atoms with Gasteiger partial charge in [0.2, 0.25) is 0 Å². The molecule has 1 nitrogen and oxygen atoms in total. The third-order valence-electron chi connectivity index (χ3n) is 3.89. The molecule has 0 heterocycles. The van der Waals surface area contributed by atoms with Crippen LogP contribution >= 0.6 is 0 Å². The van der Waals surface area contributed by atoms with Crippen LogP contribution in [0.3, 0.4) is 0 Å². The minimum atomic E-state index is -0.756. The van der Waals surface area contributed by atoms with E-state index in [9.17, 15) is 8.78 Å². The molecule has 0 bridgehead atoms. The molecule has 0 amide bonds. The Labute approximate surface area is 108 Å². The van der Waals surface area contributed by atoms with Gasteiger partial charge in [-0.2, -0.15) is 0 Å². The van der Waals surface area contributed by atoms with Gasteiger partial charge in [0.1, 0.15) is 0 Å². The normalized spacial score (nSPS) is 22.8. The lowest BCUT2D eigenvalue weighted by Crippen LogP contribution is -2.36. The smallest absolute Gasteiger partial charge is 0.159 e. The summed E-state index contributed by atoms with van der Waals surface area (Å²) in [5, 5.41) is 3.44. The molecule has 1 N–H and O–H groups in total. The van der Waals surface area contributed by atoms with Crippen LogP contribution in [-0.4, -0.2) is 13.1 Å². The van der Waals surface area contributed by atoms with E-state index in [0.717, 1.165) is 31.5 Å². The van der Waals surface area contributed by atoms with Gasteiger partial charge in [0.15, 0.2) is 11.6 Å². The second-order valence-corrected chi connectivity index (χ2v) is 5.25. The number of rotatable bonds is 6. The molecule has 0 spiro atoms. The van der Waals surface area contributed by atoms with Gasteiger partial charge < -0.3 is 5.32 Å². The lowest BCUT2D eigenvalue weighted by molar-refractivity contribution is 0.171. The highest BCUT2D eigenvalue weighted by Gasteiger charge is 2.30. The molecular formula is C15H21F2N. The van der Waals surface area contributed by atoms with Crippen molar-refractivity contribution in [2.45, 2.75) is 32.6 Å². The summed E-state index contributed by atoms with van der Waals surface area (Å²) in [6.07, 6.45) is 4.48. The van der Waals surface area contributed by atoms with Crippen LogP contribution in [0.4, 0.5) is 8.78 Å². The van der Waals surface area contributed by atoms with Crippen LogP contribution in [0.15, 0.2) is 18.2 Å². The fourth-order valence-corrected chi connectivity index (χ4v) is 2.61. The van der Waals surface area contributed by atoms with Crippen LogP contribution in [0.25, 0.3) is 0 Å². The highest BCUT2D eigenvalue weighted by molar-refractivity contribution is 5.19. The van der Waals surface area contributed by atoms with Crippen molar-refractivity contribution in [3.63, 3.8) is 0 Å². The minimum absolute atomic E-state index is 0.624. The zero-order valence-corrected chi connectivity index (χ0v) is 10.9. The number of hydrogen-bond donors (Lipinski definition) is 1. The van der Waals surface area contributed by atoms with Gasteiger partial charge in [0, 0.05) is 0 Å². The maximum atomic E-state index is 13.1. The summed E-state index contributed by atoms with van der Waals surface area (Å²) in [7, 11) is 0. The standard InChI is InChI=1S/C15H21F2N/c1-2-7-18-10-13-5-4-12(13)8-11-3-6-14(16)15(17)9-11/h3,6,9,12-13,18H,2,4-5,7-8,10H2,1H3. The van der Waals surface area contributed by atoms with Crippen molar-refractivity contribution in [3.05, 3.63) is 35.4 Å². The number of halogens is 2. The lowest BCUT2D eigenvalue weighted by Gasteiger charge is -2.37. The van der Waals surface area contributed by atoms with E-state index in [1.54, 1.807) is 6.07 Å². The van der Waals surface area contributed by atoms with Gasteiger partial charge in [-0.3, -0.25) is 0 Å². The van der Waals surface area contributed by atoms with Crippen LogP contribution in [0.5, 0.6) is 0 Å². The van der Waals surface area contributed by atoms with Crippen molar-refractivity contribution >= 4 is 0 Å². The minimum Gasteiger partial charge on any atom is -0.316 e. The number of benzene rings is 1. The first kappa shape index (κ1) is 13.5. The van der Waals surface area contributed by atoms with Crippen molar-refractivity contribution < 1.29 is 8.78 Å². The molecule has 1 fully saturated rings. The first-order valence-electron chi connectivity index (χ1n) is 6.85. The van der Waals surface area contributed by atoms with E-state index in [1.807, 2.05) is 0 Å². The molecule has 1 aliphatic rings. The molecule has 0 aromatic heterocycles. The van der Waals surface area contributed by atoms with E-state index < -0.39 is 11.6 Å². The van der Waals surface area contributed by atoms with Crippen molar-refractivity contribution in [2.75, 3.05) is 13.1 Å². The van der Waals surface area contributed by atoms with Gasteiger partial charge in [-0.1, -0.05) is 13.0 Å².